The minimum atomic E-state index is -2.87. The summed E-state index contributed by atoms with van der Waals surface area (Å²) in [4.78, 5) is 4.12. The number of aliphatic imine (C=N–C) groups is 1. The lowest BCUT2D eigenvalue weighted by molar-refractivity contribution is -0.0504. The van der Waals surface area contributed by atoms with Crippen molar-refractivity contribution in [2.24, 2.45) is 10.7 Å². The number of alkyl halides is 2. The first-order valence-electron chi connectivity index (χ1n) is 6.30. The lowest BCUT2D eigenvalue weighted by Crippen LogP contribution is -2.22. The maximum absolute atomic E-state index is 12.3. The van der Waals surface area contributed by atoms with Crippen LogP contribution in [0.5, 0.6) is 5.75 Å². The minimum absolute atomic E-state index is 0. The molecule has 0 aromatic heterocycles. The van der Waals surface area contributed by atoms with E-state index in [1.54, 1.807) is 18.2 Å². The van der Waals surface area contributed by atoms with E-state index in [-0.39, 0.29) is 42.2 Å². The Morgan fingerprint density at radius 2 is 1.73 bits per heavy atom. The Bertz CT molecular complexity index is 609. The van der Waals surface area contributed by atoms with Crippen molar-refractivity contribution >= 4 is 35.6 Å². The molecule has 0 atom stereocenters. The number of ether oxygens (including phenoxy) is 1. The molecule has 0 bridgehead atoms. The first-order chi connectivity index (χ1) is 10.1. The van der Waals surface area contributed by atoms with E-state index in [2.05, 4.69) is 15.0 Å². The molecule has 2 aromatic rings. The predicted octanol–water partition coefficient (Wildman–Crippen LogP) is 3.83. The van der Waals surface area contributed by atoms with Gasteiger partial charge in [-0.05, 0) is 18.2 Å². The zero-order valence-corrected chi connectivity index (χ0v) is 13.9. The van der Waals surface area contributed by atoms with Crippen LogP contribution in [0.2, 0.25) is 0 Å². The second-order valence-corrected chi connectivity index (χ2v) is 4.18. The van der Waals surface area contributed by atoms with Gasteiger partial charge in [0.2, 0.25) is 0 Å². The highest BCUT2D eigenvalue weighted by Crippen LogP contribution is 2.20. The molecular weight excluding hydrogens is 403 g/mol. The average Bonchev–Trinajstić information content (AvgIpc) is 2.47. The molecule has 0 saturated carbocycles. The standard InChI is InChI=1S/C15H15F2N3O.HI/c16-14(17)21-13-9-5-4-6-11(13)10-19-15(18)20-12-7-2-1-3-8-12;/h1-9,14H,10H2,(H3,18,19,20);1H. The van der Waals surface area contributed by atoms with Gasteiger partial charge in [0.25, 0.3) is 0 Å². The van der Waals surface area contributed by atoms with Crippen LogP contribution in [-0.2, 0) is 6.54 Å². The van der Waals surface area contributed by atoms with Gasteiger partial charge >= 0.3 is 6.61 Å². The fourth-order valence-corrected chi connectivity index (χ4v) is 1.72. The second kappa shape index (κ2) is 9.19. The molecule has 0 amide bonds. The van der Waals surface area contributed by atoms with Gasteiger partial charge in [-0.2, -0.15) is 8.78 Å². The molecule has 0 spiro atoms. The minimum Gasteiger partial charge on any atom is -0.434 e. The number of nitrogens with zero attached hydrogens (tertiary/aromatic N) is 1. The number of nitrogens with two attached hydrogens (primary N) is 1. The quantitative estimate of drug-likeness (QED) is 0.440. The number of hydrogen-bond donors (Lipinski definition) is 2. The van der Waals surface area contributed by atoms with Gasteiger partial charge in [-0.15, -0.1) is 24.0 Å². The van der Waals surface area contributed by atoms with Crippen molar-refractivity contribution in [3.05, 3.63) is 60.2 Å². The summed E-state index contributed by atoms with van der Waals surface area (Å²) in [5, 5.41) is 2.91. The van der Waals surface area contributed by atoms with Gasteiger partial charge in [0, 0.05) is 11.3 Å². The average molecular weight is 419 g/mol. The Kier molecular flexibility index (Phi) is 7.58. The largest absolute Gasteiger partial charge is 0.434 e. The van der Waals surface area contributed by atoms with E-state index in [0.29, 0.717) is 5.56 Å². The summed E-state index contributed by atoms with van der Waals surface area (Å²) < 4.78 is 29.0. The van der Waals surface area contributed by atoms with E-state index < -0.39 is 6.61 Å². The van der Waals surface area contributed by atoms with Crippen molar-refractivity contribution in [3.8, 4) is 5.75 Å². The molecule has 0 radical (unpaired) electrons. The Balaban J connectivity index is 0.00000242. The van der Waals surface area contributed by atoms with Crippen LogP contribution in [0, 0.1) is 0 Å². The van der Waals surface area contributed by atoms with E-state index in [1.807, 2.05) is 30.3 Å². The summed E-state index contributed by atoms with van der Waals surface area (Å²) >= 11 is 0. The molecule has 0 saturated heterocycles. The highest BCUT2D eigenvalue weighted by atomic mass is 127. The topological polar surface area (TPSA) is 59.6 Å². The van der Waals surface area contributed by atoms with E-state index in [0.717, 1.165) is 5.69 Å². The van der Waals surface area contributed by atoms with Crippen LogP contribution in [0.1, 0.15) is 5.56 Å². The van der Waals surface area contributed by atoms with E-state index in [1.165, 1.54) is 6.07 Å². The summed E-state index contributed by atoms with van der Waals surface area (Å²) in [5.41, 5.74) is 7.09. The molecule has 118 valence electrons. The number of para-hydroxylation sites is 2. The van der Waals surface area contributed by atoms with Crippen molar-refractivity contribution in [2.45, 2.75) is 13.2 Å². The molecule has 0 aliphatic heterocycles. The van der Waals surface area contributed by atoms with Crippen LogP contribution < -0.4 is 15.8 Å². The molecule has 7 heteroatoms. The molecule has 0 fully saturated rings. The molecule has 22 heavy (non-hydrogen) atoms. The van der Waals surface area contributed by atoms with E-state index in [9.17, 15) is 8.78 Å². The number of guanidine groups is 1. The lowest BCUT2D eigenvalue weighted by atomic mass is 10.2. The van der Waals surface area contributed by atoms with Gasteiger partial charge in [0.1, 0.15) is 5.75 Å². The van der Waals surface area contributed by atoms with Crippen LogP contribution >= 0.6 is 24.0 Å². The third-order valence-corrected chi connectivity index (χ3v) is 2.65. The van der Waals surface area contributed by atoms with Crippen LogP contribution in [0.15, 0.2) is 59.6 Å². The van der Waals surface area contributed by atoms with Crippen molar-refractivity contribution < 1.29 is 13.5 Å². The third-order valence-electron chi connectivity index (χ3n) is 2.65. The fraction of sp³-hybridized carbons (Fsp3) is 0.133. The first kappa shape index (κ1) is 18.1. The third kappa shape index (κ3) is 5.84. The Labute approximate surface area is 144 Å². The zero-order valence-electron chi connectivity index (χ0n) is 11.6. The van der Waals surface area contributed by atoms with Crippen molar-refractivity contribution in [1.82, 2.24) is 0 Å². The van der Waals surface area contributed by atoms with Gasteiger partial charge < -0.3 is 15.8 Å². The molecule has 2 aromatic carbocycles. The molecule has 0 unspecified atom stereocenters. The normalized spacial score (nSPS) is 11.0. The summed E-state index contributed by atoms with van der Waals surface area (Å²) in [6.07, 6.45) is 0. The number of rotatable bonds is 5. The molecule has 3 N–H and O–H groups in total. The molecular formula is C15H16F2IN3O. The molecule has 2 rings (SSSR count). The van der Waals surface area contributed by atoms with E-state index in [4.69, 9.17) is 5.73 Å². The SMILES string of the molecule is I.NC(=NCc1ccccc1OC(F)F)Nc1ccccc1. The van der Waals surface area contributed by atoms with Gasteiger partial charge in [-0.1, -0.05) is 36.4 Å². The van der Waals surface area contributed by atoms with Crippen LogP contribution in [0.25, 0.3) is 0 Å². The summed E-state index contributed by atoms with van der Waals surface area (Å²) in [6, 6.07) is 15.8. The lowest BCUT2D eigenvalue weighted by Gasteiger charge is -2.09. The van der Waals surface area contributed by atoms with Gasteiger partial charge in [-0.3, -0.25) is 0 Å². The zero-order chi connectivity index (χ0) is 15.1. The summed E-state index contributed by atoms with van der Waals surface area (Å²) in [7, 11) is 0. The van der Waals surface area contributed by atoms with Crippen LogP contribution in [0.4, 0.5) is 14.5 Å². The smallest absolute Gasteiger partial charge is 0.387 e. The highest BCUT2D eigenvalue weighted by Gasteiger charge is 2.08. The maximum Gasteiger partial charge on any atom is 0.387 e. The Morgan fingerprint density at radius 3 is 2.41 bits per heavy atom. The number of nitrogens with one attached hydrogen (secondary N) is 1. The van der Waals surface area contributed by atoms with Crippen LogP contribution in [-0.4, -0.2) is 12.6 Å². The highest BCUT2D eigenvalue weighted by molar-refractivity contribution is 14.0. The Morgan fingerprint density at radius 1 is 1.09 bits per heavy atom. The first-order valence-corrected chi connectivity index (χ1v) is 6.30. The summed E-state index contributed by atoms with van der Waals surface area (Å²) in [6.45, 7) is -2.72. The number of anilines is 1. The molecule has 0 aliphatic carbocycles. The fourth-order valence-electron chi connectivity index (χ4n) is 1.72. The van der Waals surface area contributed by atoms with Crippen molar-refractivity contribution in [1.29, 1.82) is 0 Å². The summed E-state index contributed by atoms with van der Waals surface area (Å²) in [5.74, 6) is 0.303. The maximum atomic E-state index is 12.3. The second-order valence-electron chi connectivity index (χ2n) is 4.18. The van der Waals surface area contributed by atoms with Gasteiger partial charge in [-0.25, -0.2) is 4.99 Å². The molecule has 0 heterocycles. The molecule has 4 nitrogen and oxygen atoms in total. The van der Waals surface area contributed by atoms with Gasteiger partial charge in [0.05, 0.1) is 6.54 Å². The monoisotopic (exact) mass is 419 g/mol. The van der Waals surface area contributed by atoms with Crippen LogP contribution in [0.3, 0.4) is 0 Å². The molecule has 0 aliphatic rings. The number of hydrogen-bond acceptors (Lipinski definition) is 2. The Hall–Kier alpha value is -1.90. The van der Waals surface area contributed by atoms with Crippen molar-refractivity contribution in [2.75, 3.05) is 5.32 Å². The predicted molar refractivity (Wildman–Crippen MR) is 93.9 cm³/mol. The van der Waals surface area contributed by atoms with Crippen molar-refractivity contribution in [3.63, 3.8) is 0 Å². The van der Waals surface area contributed by atoms with E-state index >= 15 is 0 Å². The number of benzene rings is 2. The number of halogens is 3. The van der Waals surface area contributed by atoms with Gasteiger partial charge in [0.15, 0.2) is 5.96 Å².